The molecular weight excluding hydrogens is 409 g/mol. The highest BCUT2D eigenvalue weighted by molar-refractivity contribution is 6.31. The van der Waals surface area contributed by atoms with Gasteiger partial charge in [-0.25, -0.2) is 13.6 Å². The maximum atomic E-state index is 14.3. The highest BCUT2D eigenvalue weighted by Gasteiger charge is 2.33. The number of carbonyl (C=O) groups is 1. The normalized spacial score (nSPS) is 11.8. The van der Waals surface area contributed by atoms with E-state index >= 15 is 0 Å². The van der Waals surface area contributed by atoms with Gasteiger partial charge in [0.15, 0.2) is 0 Å². The van der Waals surface area contributed by atoms with E-state index in [2.05, 4.69) is 0 Å². The Hall–Kier alpha value is -2.94. The van der Waals surface area contributed by atoms with Gasteiger partial charge in [-0.3, -0.25) is 4.79 Å². The van der Waals surface area contributed by atoms with Crippen LogP contribution in [0.5, 0.6) is 0 Å². The average Bonchev–Trinajstić information content (AvgIpc) is 2.60. The lowest BCUT2D eigenvalue weighted by atomic mass is 10.1. The summed E-state index contributed by atoms with van der Waals surface area (Å²) in [5, 5.41) is 7.81. The van der Waals surface area contributed by atoms with Crippen molar-refractivity contribution in [3.63, 3.8) is 0 Å². The number of hydrogen-bond acceptors (Lipinski definition) is 2. The molecule has 0 amide bonds. The second-order valence-corrected chi connectivity index (χ2v) is 6.28. The van der Waals surface area contributed by atoms with E-state index < -0.39 is 62.8 Å². The Kier molecular flexibility index (Phi) is 4.88. The minimum atomic E-state index is -4.75. The molecule has 0 aliphatic carbocycles. The van der Waals surface area contributed by atoms with Crippen molar-refractivity contribution < 1.29 is 31.9 Å². The molecule has 0 spiro atoms. The van der Waals surface area contributed by atoms with Crippen molar-refractivity contribution in [3.8, 4) is 0 Å². The molecular formula is C18H9ClF5NO3. The lowest BCUT2D eigenvalue weighted by Crippen LogP contribution is -2.21. The lowest BCUT2D eigenvalue weighted by molar-refractivity contribution is -0.137. The minimum absolute atomic E-state index is 0.0123. The fourth-order valence-corrected chi connectivity index (χ4v) is 3.04. The number of halogens is 6. The Labute approximate surface area is 158 Å². The van der Waals surface area contributed by atoms with Crippen molar-refractivity contribution in [3.05, 3.63) is 80.1 Å². The smallest absolute Gasteiger partial charge is 0.417 e. The molecule has 0 aliphatic rings. The molecule has 1 N–H and O–H groups in total. The molecule has 1 heterocycles. The van der Waals surface area contributed by atoms with Gasteiger partial charge in [0.05, 0.1) is 21.5 Å². The van der Waals surface area contributed by atoms with E-state index in [1.165, 1.54) is 6.07 Å². The van der Waals surface area contributed by atoms with Crippen LogP contribution in [0.1, 0.15) is 21.5 Å². The van der Waals surface area contributed by atoms with Crippen LogP contribution in [-0.4, -0.2) is 15.6 Å². The molecule has 28 heavy (non-hydrogen) atoms. The second kappa shape index (κ2) is 6.90. The topological polar surface area (TPSA) is 59.3 Å². The first-order valence-corrected chi connectivity index (χ1v) is 7.98. The second-order valence-electron chi connectivity index (χ2n) is 5.87. The van der Waals surface area contributed by atoms with Crippen LogP contribution < -0.4 is 5.43 Å². The summed E-state index contributed by atoms with van der Waals surface area (Å²) in [6, 6.07) is 4.32. The molecule has 146 valence electrons. The predicted octanol–water partition coefficient (Wildman–Crippen LogP) is 4.70. The maximum absolute atomic E-state index is 14.3. The molecule has 2 aromatic carbocycles. The van der Waals surface area contributed by atoms with Crippen molar-refractivity contribution in [1.82, 2.24) is 4.57 Å². The molecule has 1 aromatic heterocycles. The van der Waals surface area contributed by atoms with E-state index in [0.29, 0.717) is 12.1 Å². The van der Waals surface area contributed by atoms with Crippen molar-refractivity contribution in [2.24, 2.45) is 0 Å². The van der Waals surface area contributed by atoms with Crippen molar-refractivity contribution in [1.29, 1.82) is 0 Å². The summed E-state index contributed by atoms with van der Waals surface area (Å²) in [5.74, 6) is -3.86. The number of fused-ring (bicyclic) bond motifs is 1. The summed E-state index contributed by atoms with van der Waals surface area (Å²) in [4.78, 5) is 23.5. The molecule has 4 nitrogen and oxygen atoms in total. The van der Waals surface area contributed by atoms with Gasteiger partial charge < -0.3 is 9.67 Å². The van der Waals surface area contributed by atoms with Crippen LogP contribution in [-0.2, 0) is 12.7 Å². The number of nitrogens with zero attached hydrogens (tertiary/aromatic N) is 1. The summed E-state index contributed by atoms with van der Waals surface area (Å²) in [6.45, 7) is -0.461. The van der Waals surface area contributed by atoms with Gasteiger partial charge in [0.25, 0.3) is 0 Å². The van der Waals surface area contributed by atoms with Gasteiger partial charge in [0.1, 0.15) is 17.2 Å². The van der Waals surface area contributed by atoms with Crippen LogP contribution in [0.15, 0.2) is 41.3 Å². The number of aromatic carboxylic acids is 1. The van der Waals surface area contributed by atoms with E-state index in [4.69, 9.17) is 16.7 Å². The molecule has 0 unspecified atom stereocenters. The molecule has 0 radical (unpaired) electrons. The summed E-state index contributed by atoms with van der Waals surface area (Å²) >= 11 is 5.56. The molecule has 3 aromatic rings. The third-order valence-electron chi connectivity index (χ3n) is 4.04. The third-order valence-corrected chi connectivity index (χ3v) is 4.37. The van der Waals surface area contributed by atoms with Crippen LogP contribution in [0, 0.1) is 11.6 Å². The van der Waals surface area contributed by atoms with Gasteiger partial charge in [-0.1, -0.05) is 17.7 Å². The Balaban J connectivity index is 2.27. The van der Waals surface area contributed by atoms with E-state index in [0.717, 1.165) is 22.9 Å². The number of carboxylic acids is 1. The van der Waals surface area contributed by atoms with Gasteiger partial charge >= 0.3 is 12.1 Å². The van der Waals surface area contributed by atoms with Gasteiger partial charge in [-0.05, 0) is 29.8 Å². The first kappa shape index (κ1) is 19.8. The molecule has 0 saturated carbocycles. The first-order chi connectivity index (χ1) is 13.0. The van der Waals surface area contributed by atoms with E-state index in [-0.39, 0.29) is 5.56 Å². The molecule has 0 saturated heterocycles. The highest BCUT2D eigenvalue weighted by Crippen LogP contribution is 2.35. The number of aromatic nitrogens is 1. The quantitative estimate of drug-likeness (QED) is 0.628. The Morgan fingerprint density at radius 3 is 2.36 bits per heavy atom. The SMILES string of the molecule is O=C(O)c1cn(Cc2ccc(Cl)c(C(F)(F)F)c2)c2c(F)ccc(F)c2c1=O. The molecule has 10 heteroatoms. The lowest BCUT2D eigenvalue weighted by Gasteiger charge is -2.15. The van der Waals surface area contributed by atoms with Gasteiger partial charge in [0.2, 0.25) is 5.43 Å². The average molecular weight is 418 g/mol. The Morgan fingerprint density at radius 1 is 1.11 bits per heavy atom. The molecule has 0 bridgehead atoms. The number of benzene rings is 2. The zero-order valence-electron chi connectivity index (χ0n) is 13.6. The van der Waals surface area contributed by atoms with Gasteiger partial charge in [-0.2, -0.15) is 13.2 Å². The van der Waals surface area contributed by atoms with Gasteiger partial charge in [0, 0.05) is 12.7 Å². The van der Waals surface area contributed by atoms with Crippen LogP contribution >= 0.6 is 11.6 Å². The first-order valence-electron chi connectivity index (χ1n) is 7.60. The Morgan fingerprint density at radius 2 is 1.75 bits per heavy atom. The van der Waals surface area contributed by atoms with E-state index in [1.54, 1.807) is 0 Å². The Bertz CT molecular complexity index is 1170. The summed E-state index contributed by atoms with van der Waals surface area (Å²) in [5.41, 5.74) is -3.79. The number of hydrogen-bond donors (Lipinski definition) is 1. The largest absolute Gasteiger partial charge is 0.477 e. The van der Waals surface area contributed by atoms with Crippen LogP contribution in [0.2, 0.25) is 5.02 Å². The number of pyridine rings is 1. The number of rotatable bonds is 3. The minimum Gasteiger partial charge on any atom is -0.477 e. The monoisotopic (exact) mass is 417 g/mol. The molecule has 0 aliphatic heterocycles. The third kappa shape index (κ3) is 3.45. The van der Waals surface area contributed by atoms with Gasteiger partial charge in [-0.15, -0.1) is 0 Å². The zero-order valence-corrected chi connectivity index (χ0v) is 14.4. The van der Waals surface area contributed by atoms with Crippen LogP contribution in [0.4, 0.5) is 22.0 Å². The standard InChI is InChI=1S/C18H9ClF5NO3/c19-11-2-1-8(5-10(11)18(22,23)24)6-25-7-9(17(27)28)16(26)14-12(20)3-4-13(21)15(14)25/h1-5,7H,6H2,(H,27,28). The van der Waals surface area contributed by atoms with E-state index in [9.17, 15) is 31.5 Å². The van der Waals surface area contributed by atoms with Crippen molar-refractivity contribution in [2.45, 2.75) is 12.7 Å². The summed E-state index contributed by atoms with van der Waals surface area (Å²) in [7, 11) is 0. The van der Waals surface area contributed by atoms with Crippen molar-refractivity contribution in [2.75, 3.05) is 0 Å². The van der Waals surface area contributed by atoms with Crippen LogP contribution in [0.25, 0.3) is 10.9 Å². The number of alkyl halides is 3. The molecule has 0 fully saturated rings. The maximum Gasteiger partial charge on any atom is 0.417 e. The fourth-order valence-electron chi connectivity index (χ4n) is 2.81. The summed E-state index contributed by atoms with van der Waals surface area (Å²) in [6.07, 6.45) is -3.99. The zero-order chi connectivity index (χ0) is 20.8. The predicted molar refractivity (Wildman–Crippen MR) is 90.6 cm³/mol. The van der Waals surface area contributed by atoms with E-state index in [1.807, 2.05) is 0 Å². The molecule has 3 rings (SSSR count). The molecule has 0 atom stereocenters. The fraction of sp³-hybridized carbons (Fsp3) is 0.111. The summed E-state index contributed by atoms with van der Waals surface area (Å²) < 4.78 is 68.4. The highest BCUT2D eigenvalue weighted by atomic mass is 35.5. The van der Waals surface area contributed by atoms with Crippen molar-refractivity contribution >= 4 is 28.5 Å². The number of carboxylic acid groups (broad SMARTS) is 1. The van der Waals surface area contributed by atoms with Crippen LogP contribution in [0.3, 0.4) is 0 Å².